The third-order valence-electron chi connectivity index (χ3n) is 3.62. The zero-order chi connectivity index (χ0) is 18.4. The van der Waals surface area contributed by atoms with E-state index < -0.39 is 11.8 Å². The zero-order valence-electron chi connectivity index (χ0n) is 14.9. The van der Waals surface area contributed by atoms with E-state index in [4.69, 9.17) is 4.74 Å². The normalized spacial score (nSPS) is 11.5. The Morgan fingerprint density at radius 1 is 1.16 bits per heavy atom. The second-order valence-electron chi connectivity index (χ2n) is 5.79. The van der Waals surface area contributed by atoms with Gasteiger partial charge < -0.3 is 15.4 Å². The molecule has 2 amide bonds. The summed E-state index contributed by atoms with van der Waals surface area (Å²) in [6, 6.07) is 10.6. The zero-order valence-corrected chi connectivity index (χ0v) is 14.9. The van der Waals surface area contributed by atoms with E-state index in [1.54, 1.807) is 12.1 Å². The van der Waals surface area contributed by atoms with Crippen LogP contribution >= 0.6 is 0 Å². The van der Waals surface area contributed by atoms with Gasteiger partial charge in [0.1, 0.15) is 11.6 Å². The van der Waals surface area contributed by atoms with Crippen LogP contribution in [0.25, 0.3) is 0 Å². The molecule has 1 aromatic heterocycles. The Balaban J connectivity index is 2.06. The number of anilines is 1. The van der Waals surface area contributed by atoms with E-state index in [0.717, 1.165) is 16.8 Å². The van der Waals surface area contributed by atoms with Crippen LogP contribution in [0, 0.1) is 13.8 Å². The lowest BCUT2D eigenvalue weighted by molar-refractivity contribution is -0.136. The number of hydrogen-bond acceptors (Lipinski definition) is 4. The van der Waals surface area contributed by atoms with Crippen molar-refractivity contribution in [1.29, 1.82) is 0 Å². The molecule has 0 radical (unpaired) electrons. The first-order valence-electron chi connectivity index (χ1n) is 8.19. The van der Waals surface area contributed by atoms with Crippen molar-refractivity contribution >= 4 is 17.6 Å². The van der Waals surface area contributed by atoms with Gasteiger partial charge in [-0.3, -0.25) is 9.59 Å². The maximum Gasteiger partial charge on any atom is 0.314 e. The number of nitrogens with zero attached hydrogens (tertiary/aromatic N) is 1. The summed E-state index contributed by atoms with van der Waals surface area (Å²) in [6.07, 6.45) is 0. The second-order valence-corrected chi connectivity index (χ2v) is 5.79. The van der Waals surface area contributed by atoms with Crippen molar-refractivity contribution in [3.8, 4) is 5.75 Å². The molecule has 0 aliphatic heterocycles. The lowest BCUT2D eigenvalue weighted by Gasteiger charge is -2.18. The molecular weight excluding hydrogens is 318 g/mol. The fraction of sp³-hybridized carbons (Fsp3) is 0.316. The monoisotopic (exact) mass is 341 g/mol. The Bertz CT molecular complexity index is 774. The van der Waals surface area contributed by atoms with Gasteiger partial charge in [-0.15, -0.1) is 0 Å². The third-order valence-corrected chi connectivity index (χ3v) is 3.62. The molecule has 1 aromatic carbocycles. The molecule has 6 heteroatoms. The summed E-state index contributed by atoms with van der Waals surface area (Å²) in [5.41, 5.74) is 2.64. The molecule has 2 rings (SSSR count). The molecule has 2 N–H and O–H groups in total. The van der Waals surface area contributed by atoms with Crippen LogP contribution in [0.2, 0.25) is 0 Å². The standard InChI is InChI=1S/C19H23N3O3/c1-5-25-16-10-9-12(2)11-15(16)14(4)21-18(23)19(24)22-17-8-6-7-13(3)20-17/h6-11,14H,5H2,1-4H3,(H,21,23)(H,20,22,24). The predicted octanol–water partition coefficient (Wildman–Crippen LogP) is 2.91. The van der Waals surface area contributed by atoms with E-state index in [9.17, 15) is 9.59 Å². The number of benzene rings is 1. The first kappa shape index (κ1) is 18.4. The molecule has 0 saturated carbocycles. The Kier molecular flexibility index (Phi) is 6.11. The van der Waals surface area contributed by atoms with Gasteiger partial charge in [-0.25, -0.2) is 4.98 Å². The molecule has 0 aliphatic carbocycles. The van der Waals surface area contributed by atoms with E-state index in [0.29, 0.717) is 18.2 Å². The number of ether oxygens (including phenoxy) is 1. The van der Waals surface area contributed by atoms with Crippen LogP contribution in [-0.2, 0) is 9.59 Å². The molecule has 2 aromatic rings. The molecular formula is C19H23N3O3. The molecule has 6 nitrogen and oxygen atoms in total. The van der Waals surface area contributed by atoms with Crippen LogP contribution < -0.4 is 15.4 Å². The number of pyridine rings is 1. The van der Waals surface area contributed by atoms with Gasteiger partial charge in [-0.2, -0.15) is 0 Å². The van der Waals surface area contributed by atoms with Crippen molar-refractivity contribution in [2.45, 2.75) is 33.7 Å². The van der Waals surface area contributed by atoms with Gasteiger partial charge in [0.15, 0.2) is 0 Å². The fourth-order valence-corrected chi connectivity index (χ4v) is 2.42. The summed E-state index contributed by atoms with van der Waals surface area (Å²) < 4.78 is 5.60. The Morgan fingerprint density at radius 2 is 1.92 bits per heavy atom. The minimum atomic E-state index is -0.754. The smallest absolute Gasteiger partial charge is 0.314 e. The molecule has 0 bridgehead atoms. The maximum atomic E-state index is 12.2. The van der Waals surface area contributed by atoms with Crippen molar-refractivity contribution in [3.05, 3.63) is 53.2 Å². The highest BCUT2D eigenvalue weighted by atomic mass is 16.5. The number of hydrogen-bond donors (Lipinski definition) is 2. The summed E-state index contributed by atoms with van der Waals surface area (Å²) in [6.45, 7) is 8.01. The molecule has 0 spiro atoms. The number of carbonyl (C=O) groups excluding carboxylic acids is 2. The first-order valence-corrected chi connectivity index (χ1v) is 8.19. The van der Waals surface area contributed by atoms with Gasteiger partial charge in [0.2, 0.25) is 0 Å². The summed E-state index contributed by atoms with van der Waals surface area (Å²) >= 11 is 0. The van der Waals surface area contributed by atoms with E-state index in [2.05, 4.69) is 15.6 Å². The molecule has 1 unspecified atom stereocenters. The van der Waals surface area contributed by atoms with Crippen molar-refractivity contribution < 1.29 is 14.3 Å². The molecule has 0 saturated heterocycles. The number of nitrogens with one attached hydrogen (secondary N) is 2. The van der Waals surface area contributed by atoms with Gasteiger partial charge in [0.05, 0.1) is 12.6 Å². The van der Waals surface area contributed by atoms with Crippen molar-refractivity contribution in [2.24, 2.45) is 0 Å². The van der Waals surface area contributed by atoms with E-state index in [1.165, 1.54) is 0 Å². The van der Waals surface area contributed by atoms with Gasteiger partial charge in [-0.05, 0) is 45.9 Å². The highest BCUT2D eigenvalue weighted by Crippen LogP contribution is 2.26. The quantitative estimate of drug-likeness (QED) is 0.820. The summed E-state index contributed by atoms with van der Waals surface area (Å²) in [5, 5.41) is 5.20. The molecule has 132 valence electrons. The van der Waals surface area contributed by atoms with Crippen molar-refractivity contribution in [3.63, 3.8) is 0 Å². The van der Waals surface area contributed by atoms with Crippen LogP contribution in [0.3, 0.4) is 0 Å². The molecule has 0 aliphatic rings. The Labute approximate surface area is 147 Å². The van der Waals surface area contributed by atoms with E-state index in [1.807, 2.05) is 52.0 Å². The van der Waals surface area contributed by atoms with E-state index >= 15 is 0 Å². The SMILES string of the molecule is CCOc1ccc(C)cc1C(C)NC(=O)C(=O)Nc1cccc(C)n1. The largest absolute Gasteiger partial charge is 0.494 e. The second kappa shape index (κ2) is 8.28. The molecule has 25 heavy (non-hydrogen) atoms. The number of aromatic nitrogens is 1. The molecule has 0 fully saturated rings. The maximum absolute atomic E-state index is 12.2. The number of amides is 2. The predicted molar refractivity (Wildman–Crippen MR) is 96.5 cm³/mol. The number of rotatable bonds is 5. The van der Waals surface area contributed by atoms with Gasteiger partial charge in [0, 0.05) is 11.3 Å². The highest BCUT2D eigenvalue weighted by Gasteiger charge is 2.20. The van der Waals surface area contributed by atoms with Crippen molar-refractivity contribution in [2.75, 3.05) is 11.9 Å². The van der Waals surface area contributed by atoms with Gasteiger partial charge in [-0.1, -0.05) is 23.8 Å². The van der Waals surface area contributed by atoms with Crippen LogP contribution in [0.4, 0.5) is 5.82 Å². The van der Waals surface area contributed by atoms with Crippen LogP contribution in [0.1, 0.15) is 36.7 Å². The average molecular weight is 341 g/mol. The van der Waals surface area contributed by atoms with Crippen LogP contribution in [-0.4, -0.2) is 23.4 Å². The minimum absolute atomic E-state index is 0.346. The lowest BCUT2D eigenvalue weighted by Crippen LogP contribution is -2.37. The van der Waals surface area contributed by atoms with Crippen LogP contribution in [0.5, 0.6) is 5.75 Å². The summed E-state index contributed by atoms with van der Waals surface area (Å²) in [5.74, 6) is -0.435. The molecule has 1 atom stereocenters. The topological polar surface area (TPSA) is 80.3 Å². The highest BCUT2D eigenvalue weighted by molar-refractivity contribution is 6.39. The minimum Gasteiger partial charge on any atom is -0.494 e. The molecule has 1 heterocycles. The third kappa shape index (κ3) is 5.04. The van der Waals surface area contributed by atoms with Crippen LogP contribution in [0.15, 0.2) is 36.4 Å². The Morgan fingerprint density at radius 3 is 2.60 bits per heavy atom. The van der Waals surface area contributed by atoms with Crippen molar-refractivity contribution in [1.82, 2.24) is 10.3 Å². The summed E-state index contributed by atoms with van der Waals surface area (Å²) in [4.78, 5) is 28.4. The van der Waals surface area contributed by atoms with Gasteiger partial charge in [0.25, 0.3) is 0 Å². The average Bonchev–Trinajstić information content (AvgIpc) is 2.56. The number of carbonyl (C=O) groups is 2. The lowest BCUT2D eigenvalue weighted by atomic mass is 10.0. The van der Waals surface area contributed by atoms with E-state index in [-0.39, 0.29) is 6.04 Å². The summed E-state index contributed by atoms with van der Waals surface area (Å²) in [7, 11) is 0. The van der Waals surface area contributed by atoms with Gasteiger partial charge >= 0.3 is 11.8 Å². The first-order chi connectivity index (χ1) is 11.9. The fourth-order valence-electron chi connectivity index (χ4n) is 2.42. The number of aryl methyl sites for hydroxylation is 2. The Hall–Kier alpha value is -2.89.